The zero-order valence-electron chi connectivity index (χ0n) is 10.3. The van der Waals surface area contributed by atoms with Crippen molar-refractivity contribution in [2.45, 2.75) is 0 Å². The van der Waals surface area contributed by atoms with Crippen molar-refractivity contribution in [1.29, 1.82) is 0 Å². The third-order valence-corrected chi connectivity index (χ3v) is 3.06. The molecule has 5 heteroatoms. The Morgan fingerprint density at radius 1 is 1.53 bits per heavy atom. The summed E-state index contributed by atoms with van der Waals surface area (Å²) in [5, 5.41) is 3.01. The van der Waals surface area contributed by atoms with E-state index in [0.717, 1.165) is 16.8 Å². The molecule has 4 nitrogen and oxygen atoms in total. The van der Waals surface area contributed by atoms with Crippen LogP contribution in [0.1, 0.15) is 10.4 Å². The Morgan fingerprint density at radius 3 is 2.76 bits per heavy atom. The van der Waals surface area contributed by atoms with Gasteiger partial charge in [-0.1, -0.05) is 0 Å². The number of halogens is 1. The molecule has 0 radical (unpaired) electrons. The van der Waals surface area contributed by atoms with Crippen LogP contribution in [0.2, 0.25) is 0 Å². The van der Waals surface area contributed by atoms with E-state index in [-0.39, 0.29) is 5.91 Å². The molecule has 94 valence electrons. The smallest absolute Gasteiger partial charge is 0.253 e. The molecule has 1 rings (SSSR count). The third kappa shape index (κ3) is 3.71. The molecule has 0 spiro atoms. The number of rotatable bonds is 5. The van der Waals surface area contributed by atoms with Gasteiger partial charge in [0.25, 0.3) is 5.91 Å². The molecule has 17 heavy (non-hydrogen) atoms. The Kier molecular flexibility index (Phi) is 5.44. The van der Waals surface area contributed by atoms with Gasteiger partial charge in [0.15, 0.2) is 0 Å². The van der Waals surface area contributed by atoms with Gasteiger partial charge in [-0.3, -0.25) is 4.79 Å². The van der Waals surface area contributed by atoms with Crippen LogP contribution >= 0.6 is 15.9 Å². The largest absolute Gasteiger partial charge is 0.496 e. The molecule has 1 aromatic carbocycles. The quantitative estimate of drug-likeness (QED) is 0.901. The summed E-state index contributed by atoms with van der Waals surface area (Å²) in [7, 11) is 5.25. The highest BCUT2D eigenvalue weighted by atomic mass is 79.9. The Balaban J connectivity index is 2.78. The number of hydrogen-bond donors (Lipinski definition) is 1. The summed E-state index contributed by atoms with van der Waals surface area (Å²) in [5.41, 5.74) is 0.649. The fourth-order valence-electron chi connectivity index (χ4n) is 1.40. The van der Waals surface area contributed by atoms with E-state index in [9.17, 15) is 4.79 Å². The van der Waals surface area contributed by atoms with Crippen LogP contribution in [0, 0.1) is 0 Å². The number of carbonyl (C=O) groups excluding carboxylic acids is 1. The van der Waals surface area contributed by atoms with Crippen LogP contribution in [0.25, 0.3) is 0 Å². The van der Waals surface area contributed by atoms with Crippen LogP contribution in [-0.4, -0.2) is 45.1 Å². The molecular weight excluding hydrogens is 284 g/mol. The van der Waals surface area contributed by atoms with Gasteiger partial charge in [-0.25, -0.2) is 0 Å². The highest BCUT2D eigenvalue weighted by Crippen LogP contribution is 2.25. The van der Waals surface area contributed by atoms with E-state index in [1.165, 1.54) is 0 Å². The van der Waals surface area contributed by atoms with E-state index in [1.54, 1.807) is 37.3 Å². The normalized spacial score (nSPS) is 10.1. The van der Waals surface area contributed by atoms with Crippen molar-refractivity contribution in [3.05, 3.63) is 28.2 Å². The van der Waals surface area contributed by atoms with Crippen molar-refractivity contribution in [1.82, 2.24) is 10.2 Å². The maximum Gasteiger partial charge on any atom is 0.253 e. The van der Waals surface area contributed by atoms with Crippen LogP contribution in [0.15, 0.2) is 22.7 Å². The summed E-state index contributed by atoms with van der Waals surface area (Å²) < 4.78 is 5.91. The second-order valence-corrected chi connectivity index (χ2v) is 4.53. The van der Waals surface area contributed by atoms with E-state index in [1.807, 2.05) is 7.05 Å². The van der Waals surface area contributed by atoms with Crippen LogP contribution in [-0.2, 0) is 0 Å². The third-order valence-electron chi connectivity index (χ3n) is 2.44. The van der Waals surface area contributed by atoms with Crippen molar-refractivity contribution < 1.29 is 9.53 Å². The standard InChI is InChI=1S/C12H17BrN2O2/c1-14-6-7-15(2)12(16)9-4-5-11(17-3)10(13)8-9/h4-5,8,14H,6-7H2,1-3H3. The van der Waals surface area contributed by atoms with E-state index in [0.29, 0.717) is 12.1 Å². The highest BCUT2D eigenvalue weighted by molar-refractivity contribution is 9.10. The lowest BCUT2D eigenvalue weighted by atomic mass is 10.2. The molecule has 1 N–H and O–H groups in total. The van der Waals surface area contributed by atoms with Crippen molar-refractivity contribution in [3.8, 4) is 5.75 Å². The lowest BCUT2D eigenvalue weighted by Gasteiger charge is -2.17. The molecule has 1 aromatic rings. The summed E-state index contributed by atoms with van der Waals surface area (Å²) in [6.07, 6.45) is 0. The van der Waals surface area contributed by atoms with Crippen LogP contribution in [0.3, 0.4) is 0 Å². The monoisotopic (exact) mass is 300 g/mol. The van der Waals surface area contributed by atoms with Gasteiger partial charge in [-0.05, 0) is 41.2 Å². The predicted molar refractivity (Wildman–Crippen MR) is 71.6 cm³/mol. The van der Waals surface area contributed by atoms with E-state index in [2.05, 4.69) is 21.2 Å². The van der Waals surface area contributed by atoms with Crippen molar-refractivity contribution in [2.75, 3.05) is 34.3 Å². The summed E-state index contributed by atoms with van der Waals surface area (Å²) in [4.78, 5) is 13.7. The molecule has 0 saturated heterocycles. The first-order valence-electron chi connectivity index (χ1n) is 5.33. The molecule has 0 fully saturated rings. The summed E-state index contributed by atoms with van der Waals surface area (Å²) >= 11 is 3.37. The van der Waals surface area contributed by atoms with Gasteiger partial charge in [0.2, 0.25) is 0 Å². The van der Waals surface area contributed by atoms with E-state index >= 15 is 0 Å². The maximum absolute atomic E-state index is 12.0. The first-order chi connectivity index (χ1) is 8.10. The lowest BCUT2D eigenvalue weighted by molar-refractivity contribution is 0.0797. The number of amides is 1. The Morgan fingerprint density at radius 2 is 2.24 bits per heavy atom. The fraction of sp³-hybridized carbons (Fsp3) is 0.417. The predicted octanol–water partition coefficient (Wildman–Crippen LogP) is 1.75. The van der Waals surface area contributed by atoms with Gasteiger partial charge in [-0.2, -0.15) is 0 Å². The van der Waals surface area contributed by atoms with Gasteiger partial charge < -0.3 is 15.0 Å². The van der Waals surface area contributed by atoms with Gasteiger partial charge >= 0.3 is 0 Å². The summed E-state index contributed by atoms with van der Waals surface area (Å²) in [5.74, 6) is 0.725. The number of likely N-dealkylation sites (N-methyl/N-ethyl adjacent to an activating group) is 2. The van der Waals surface area contributed by atoms with E-state index < -0.39 is 0 Å². The van der Waals surface area contributed by atoms with E-state index in [4.69, 9.17) is 4.74 Å². The topological polar surface area (TPSA) is 41.6 Å². The lowest BCUT2D eigenvalue weighted by Crippen LogP contribution is -2.32. The SMILES string of the molecule is CNCCN(C)C(=O)c1ccc(OC)c(Br)c1. The highest BCUT2D eigenvalue weighted by Gasteiger charge is 2.12. The number of nitrogens with one attached hydrogen (secondary N) is 1. The van der Waals surface area contributed by atoms with Crippen LogP contribution < -0.4 is 10.1 Å². The minimum atomic E-state index is 0.00334. The van der Waals surface area contributed by atoms with Gasteiger partial charge in [0.05, 0.1) is 11.6 Å². The Labute approximate surface area is 110 Å². The number of ether oxygens (including phenoxy) is 1. The second kappa shape index (κ2) is 6.61. The Hall–Kier alpha value is -1.07. The number of benzene rings is 1. The molecule has 1 amide bonds. The molecule has 0 aliphatic rings. The molecule has 0 atom stereocenters. The van der Waals surface area contributed by atoms with Crippen LogP contribution in [0.4, 0.5) is 0 Å². The second-order valence-electron chi connectivity index (χ2n) is 3.68. The Bertz CT molecular complexity index is 396. The molecule has 0 aromatic heterocycles. The molecular formula is C12H17BrN2O2. The first-order valence-corrected chi connectivity index (χ1v) is 6.13. The minimum absolute atomic E-state index is 0.00334. The molecule has 0 aliphatic carbocycles. The molecule has 0 bridgehead atoms. The van der Waals surface area contributed by atoms with Gasteiger partial charge in [0.1, 0.15) is 5.75 Å². The maximum atomic E-state index is 12.0. The van der Waals surface area contributed by atoms with Crippen molar-refractivity contribution >= 4 is 21.8 Å². The average molecular weight is 301 g/mol. The summed E-state index contributed by atoms with van der Waals surface area (Å²) in [6.45, 7) is 1.46. The minimum Gasteiger partial charge on any atom is -0.496 e. The first kappa shape index (κ1) is 14.0. The van der Waals surface area contributed by atoms with Gasteiger partial charge in [-0.15, -0.1) is 0 Å². The molecule has 0 unspecified atom stereocenters. The molecule has 0 saturated carbocycles. The number of hydrogen-bond acceptors (Lipinski definition) is 3. The van der Waals surface area contributed by atoms with Crippen molar-refractivity contribution in [2.24, 2.45) is 0 Å². The van der Waals surface area contributed by atoms with Crippen molar-refractivity contribution in [3.63, 3.8) is 0 Å². The zero-order chi connectivity index (χ0) is 12.8. The molecule has 0 aliphatic heterocycles. The number of methoxy groups -OCH3 is 1. The zero-order valence-corrected chi connectivity index (χ0v) is 11.9. The van der Waals surface area contributed by atoms with Gasteiger partial charge in [0, 0.05) is 25.7 Å². The number of carbonyl (C=O) groups is 1. The number of nitrogens with zero attached hydrogens (tertiary/aromatic N) is 1. The average Bonchev–Trinajstić information content (AvgIpc) is 2.34. The summed E-state index contributed by atoms with van der Waals surface area (Å²) in [6, 6.07) is 5.32. The molecule has 0 heterocycles. The fourth-order valence-corrected chi connectivity index (χ4v) is 1.94. The van der Waals surface area contributed by atoms with Crippen LogP contribution in [0.5, 0.6) is 5.75 Å².